The second-order valence-corrected chi connectivity index (χ2v) is 7.22. The number of aromatic nitrogens is 2. The molecule has 0 N–H and O–H groups in total. The predicted octanol–water partition coefficient (Wildman–Crippen LogP) is 4.40. The number of aryl methyl sites for hydroxylation is 1. The first-order valence-electron chi connectivity index (χ1n) is 7.37. The van der Waals surface area contributed by atoms with Crippen LogP contribution in [-0.2, 0) is 17.7 Å². The van der Waals surface area contributed by atoms with E-state index >= 15 is 0 Å². The number of ether oxygens (including phenoxy) is 1. The molecule has 0 saturated heterocycles. The highest BCUT2D eigenvalue weighted by atomic mass is 79.9. The Morgan fingerprint density at radius 1 is 1.43 bits per heavy atom. The van der Waals surface area contributed by atoms with Gasteiger partial charge in [-0.3, -0.25) is 0 Å². The lowest BCUT2D eigenvalue weighted by molar-refractivity contribution is 0.167. The third-order valence-electron chi connectivity index (χ3n) is 4.39. The van der Waals surface area contributed by atoms with Gasteiger partial charge in [-0.2, -0.15) is 0 Å². The average Bonchev–Trinajstić information content (AvgIpc) is 3.17. The first-order chi connectivity index (χ1) is 10.2. The van der Waals surface area contributed by atoms with Gasteiger partial charge in [-0.15, -0.1) is 11.6 Å². The largest absolute Gasteiger partial charge is 0.385 e. The maximum atomic E-state index is 5.95. The summed E-state index contributed by atoms with van der Waals surface area (Å²) in [4.78, 5) is 4.76. The van der Waals surface area contributed by atoms with Crippen molar-refractivity contribution in [3.05, 3.63) is 28.5 Å². The van der Waals surface area contributed by atoms with Gasteiger partial charge in [0.2, 0.25) is 0 Å². The molecule has 1 aliphatic carbocycles. The van der Waals surface area contributed by atoms with Crippen LogP contribution in [0.25, 0.3) is 11.0 Å². The van der Waals surface area contributed by atoms with Crippen molar-refractivity contribution < 1.29 is 4.74 Å². The summed E-state index contributed by atoms with van der Waals surface area (Å²) in [5, 5.41) is 0. The molecule has 0 bridgehead atoms. The maximum Gasteiger partial charge on any atom is 0.111 e. The first-order valence-corrected chi connectivity index (χ1v) is 8.70. The van der Waals surface area contributed by atoms with Crippen LogP contribution >= 0.6 is 27.5 Å². The number of rotatable bonds is 7. The highest BCUT2D eigenvalue weighted by Gasteiger charge is 2.42. The highest BCUT2D eigenvalue weighted by molar-refractivity contribution is 9.10. The Labute approximate surface area is 138 Å². The minimum absolute atomic E-state index is 0.396. The van der Waals surface area contributed by atoms with Crippen LogP contribution in [0.5, 0.6) is 0 Å². The van der Waals surface area contributed by atoms with Gasteiger partial charge in [0.1, 0.15) is 5.82 Å². The van der Waals surface area contributed by atoms with E-state index in [1.165, 1.54) is 18.4 Å². The molecule has 1 aromatic carbocycles. The lowest BCUT2D eigenvalue weighted by Crippen LogP contribution is -2.16. The number of fused-ring (bicyclic) bond motifs is 1. The van der Waals surface area contributed by atoms with Gasteiger partial charge in [-0.1, -0.05) is 15.9 Å². The van der Waals surface area contributed by atoms with E-state index in [0.717, 1.165) is 41.8 Å². The van der Waals surface area contributed by atoms with Gasteiger partial charge < -0.3 is 9.30 Å². The van der Waals surface area contributed by atoms with Crippen LogP contribution < -0.4 is 0 Å². The Bertz CT molecular complexity index is 636. The first kappa shape index (κ1) is 15.3. The third-order valence-corrected chi connectivity index (χ3v) is 5.08. The fourth-order valence-electron chi connectivity index (χ4n) is 2.92. The molecule has 1 saturated carbocycles. The van der Waals surface area contributed by atoms with Crippen LogP contribution in [0.15, 0.2) is 22.7 Å². The second-order valence-electron chi connectivity index (χ2n) is 5.93. The van der Waals surface area contributed by atoms with Crippen molar-refractivity contribution in [1.29, 1.82) is 0 Å². The lowest BCUT2D eigenvalue weighted by Gasteiger charge is -2.18. The van der Waals surface area contributed by atoms with E-state index in [9.17, 15) is 0 Å². The molecule has 1 aromatic heterocycles. The fourth-order valence-corrected chi connectivity index (χ4v) is 3.43. The van der Waals surface area contributed by atoms with Crippen molar-refractivity contribution in [2.45, 2.75) is 32.2 Å². The highest BCUT2D eigenvalue weighted by Crippen LogP contribution is 2.50. The molecule has 3 rings (SSSR count). The molecule has 5 heteroatoms. The van der Waals surface area contributed by atoms with Crippen molar-refractivity contribution in [1.82, 2.24) is 9.55 Å². The normalized spacial score (nSPS) is 16.5. The summed E-state index contributed by atoms with van der Waals surface area (Å²) in [5.41, 5.74) is 2.65. The number of methoxy groups -OCH3 is 1. The number of alkyl halides is 1. The summed E-state index contributed by atoms with van der Waals surface area (Å²) in [7, 11) is 1.78. The number of hydrogen-bond donors (Lipinski definition) is 0. The third kappa shape index (κ3) is 3.27. The zero-order valence-electron chi connectivity index (χ0n) is 12.2. The van der Waals surface area contributed by atoms with E-state index in [2.05, 4.69) is 32.6 Å². The summed E-state index contributed by atoms with van der Waals surface area (Å²) in [5.74, 6) is 1.71. The van der Waals surface area contributed by atoms with Crippen LogP contribution in [-0.4, -0.2) is 29.1 Å². The van der Waals surface area contributed by atoms with Gasteiger partial charge in [0.15, 0.2) is 0 Å². The van der Waals surface area contributed by atoms with E-state index in [1.54, 1.807) is 7.11 Å². The number of nitrogens with zero attached hydrogens (tertiary/aromatic N) is 2. The average molecular weight is 372 g/mol. The molecular weight excluding hydrogens is 352 g/mol. The van der Waals surface area contributed by atoms with E-state index in [-0.39, 0.29) is 0 Å². The van der Waals surface area contributed by atoms with Crippen LogP contribution in [0.3, 0.4) is 0 Å². The zero-order valence-corrected chi connectivity index (χ0v) is 14.6. The molecule has 21 heavy (non-hydrogen) atoms. The molecule has 0 spiro atoms. The molecule has 1 fully saturated rings. The summed E-state index contributed by atoms with van der Waals surface area (Å²) in [6.45, 7) is 1.86. The molecule has 2 aromatic rings. The van der Waals surface area contributed by atoms with Gasteiger partial charge in [-0.05, 0) is 42.9 Å². The van der Waals surface area contributed by atoms with Gasteiger partial charge in [0.05, 0.1) is 11.0 Å². The Morgan fingerprint density at radius 2 is 2.24 bits per heavy atom. The number of benzene rings is 1. The minimum atomic E-state index is 0.396. The Kier molecular flexibility index (Phi) is 4.57. The molecule has 3 nitrogen and oxygen atoms in total. The monoisotopic (exact) mass is 370 g/mol. The second kappa shape index (κ2) is 6.27. The van der Waals surface area contributed by atoms with Gasteiger partial charge in [0, 0.05) is 37.0 Å². The smallest absolute Gasteiger partial charge is 0.111 e. The minimum Gasteiger partial charge on any atom is -0.385 e. The maximum absolute atomic E-state index is 5.95. The molecule has 0 atom stereocenters. The quantitative estimate of drug-likeness (QED) is 0.675. The zero-order chi connectivity index (χ0) is 14.9. The van der Waals surface area contributed by atoms with E-state index < -0.39 is 0 Å². The molecule has 1 heterocycles. The van der Waals surface area contributed by atoms with Crippen LogP contribution in [0, 0.1) is 5.41 Å². The van der Waals surface area contributed by atoms with Crippen molar-refractivity contribution in [2.24, 2.45) is 5.41 Å². The van der Waals surface area contributed by atoms with Crippen LogP contribution in [0.4, 0.5) is 0 Å². The van der Waals surface area contributed by atoms with Crippen molar-refractivity contribution >= 4 is 38.6 Å². The summed E-state index contributed by atoms with van der Waals surface area (Å²) < 4.78 is 8.73. The van der Waals surface area contributed by atoms with E-state index in [1.807, 2.05) is 6.07 Å². The molecule has 114 valence electrons. The molecule has 0 unspecified atom stereocenters. The SMILES string of the molecule is COCCC1(Cn2c(CCCl)nc3ccc(Br)cc32)CC1. The summed E-state index contributed by atoms with van der Waals surface area (Å²) >= 11 is 9.52. The number of hydrogen-bond acceptors (Lipinski definition) is 2. The summed E-state index contributed by atoms with van der Waals surface area (Å²) in [6, 6.07) is 6.27. The van der Waals surface area contributed by atoms with Gasteiger partial charge in [-0.25, -0.2) is 4.98 Å². The van der Waals surface area contributed by atoms with E-state index in [0.29, 0.717) is 11.3 Å². The Morgan fingerprint density at radius 3 is 2.90 bits per heavy atom. The standard InChI is InChI=1S/C16H20BrClN2O/c1-21-9-7-16(5-6-16)11-20-14-10-12(17)2-3-13(14)19-15(20)4-8-18/h2-3,10H,4-9,11H2,1H3. The lowest BCUT2D eigenvalue weighted by atomic mass is 10.0. The Balaban J connectivity index is 1.95. The predicted molar refractivity (Wildman–Crippen MR) is 90.0 cm³/mol. The number of imidazole rings is 1. The fraction of sp³-hybridized carbons (Fsp3) is 0.562. The molecular formula is C16H20BrClN2O. The van der Waals surface area contributed by atoms with Crippen molar-refractivity contribution in [3.8, 4) is 0 Å². The van der Waals surface area contributed by atoms with Crippen LogP contribution in [0.1, 0.15) is 25.1 Å². The Hall–Kier alpha value is -0.580. The van der Waals surface area contributed by atoms with Gasteiger partial charge in [0.25, 0.3) is 0 Å². The molecule has 0 aliphatic heterocycles. The van der Waals surface area contributed by atoms with E-state index in [4.69, 9.17) is 21.3 Å². The van der Waals surface area contributed by atoms with Crippen molar-refractivity contribution in [2.75, 3.05) is 19.6 Å². The molecule has 0 radical (unpaired) electrons. The van der Waals surface area contributed by atoms with Crippen molar-refractivity contribution in [3.63, 3.8) is 0 Å². The molecule has 0 amide bonds. The van der Waals surface area contributed by atoms with Crippen LogP contribution in [0.2, 0.25) is 0 Å². The van der Waals surface area contributed by atoms with Gasteiger partial charge >= 0.3 is 0 Å². The topological polar surface area (TPSA) is 27.1 Å². The molecule has 1 aliphatic rings. The summed E-state index contributed by atoms with van der Waals surface area (Å²) in [6.07, 6.45) is 4.50. The number of halogens is 2.